The molecule has 0 aromatic carbocycles. The number of carbonyl (C=O) groups is 1. The minimum atomic E-state index is -0.505. The predicted octanol–water partition coefficient (Wildman–Crippen LogP) is 1.82. The lowest BCUT2D eigenvalue weighted by atomic mass is 10.3. The van der Waals surface area contributed by atoms with Crippen molar-refractivity contribution in [2.24, 2.45) is 5.16 Å². The highest BCUT2D eigenvalue weighted by molar-refractivity contribution is 7.80. The molecular formula is C8H16N2O2S. The maximum absolute atomic E-state index is 10.9. The number of thiol groups is 1. The predicted molar refractivity (Wildman–Crippen MR) is 56.4 cm³/mol. The van der Waals surface area contributed by atoms with E-state index in [1.807, 2.05) is 6.92 Å². The zero-order chi connectivity index (χ0) is 10.1. The molecule has 0 fully saturated rings. The number of nitrogens with one attached hydrogen (secondary N) is 1. The van der Waals surface area contributed by atoms with E-state index in [1.165, 1.54) is 0 Å². The van der Waals surface area contributed by atoms with Crippen molar-refractivity contribution in [2.45, 2.75) is 26.7 Å². The highest BCUT2D eigenvalue weighted by Crippen LogP contribution is 1.87. The van der Waals surface area contributed by atoms with Gasteiger partial charge in [0.05, 0.1) is 5.71 Å². The molecule has 1 N–H and O–H groups in total. The molecule has 0 rings (SSSR count). The van der Waals surface area contributed by atoms with Gasteiger partial charge in [-0.1, -0.05) is 12.1 Å². The van der Waals surface area contributed by atoms with Crippen molar-refractivity contribution in [3.05, 3.63) is 0 Å². The van der Waals surface area contributed by atoms with Crippen LogP contribution in [0.4, 0.5) is 4.79 Å². The third kappa shape index (κ3) is 7.64. The molecule has 4 nitrogen and oxygen atoms in total. The fourth-order valence-electron chi connectivity index (χ4n) is 0.486. The fraction of sp³-hybridized carbons (Fsp3) is 0.750. The van der Waals surface area contributed by atoms with E-state index in [0.717, 1.165) is 24.3 Å². The summed E-state index contributed by atoms with van der Waals surface area (Å²) < 4.78 is 0. The second-order valence-electron chi connectivity index (χ2n) is 2.56. The summed E-state index contributed by atoms with van der Waals surface area (Å²) in [6.45, 7) is 4.32. The first-order valence-electron chi connectivity index (χ1n) is 4.29. The van der Waals surface area contributed by atoms with Gasteiger partial charge in [0.1, 0.15) is 0 Å². The van der Waals surface area contributed by atoms with Gasteiger partial charge >= 0.3 is 6.09 Å². The van der Waals surface area contributed by atoms with Crippen LogP contribution in [0.25, 0.3) is 0 Å². The van der Waals surface area contributed by atoms with Gasteiger partial charge in [0.15, 0.2) is 0 Å². The van der Waals surface area contributed by atoms with Gasteiger partial charge in [-0.15, -0.1) is 0 Å². The molecule has 0 spiro atoms. The summed E-state index contributed by atoms with van der Waals surface area (Å²) >= 11 is 4.00. The van der Waals surface area contributed by atoms with Gasteiger partial charge in [-0.25, -0.2) is 4.79 Å². The third-order valence-electron chi connectivity index (χ3n) is 1.40. The molecule has 0 aromatic rings. The lowest BCUT2D eigenvalue weighted by Crippen LogP contribution is -2.24. The number of oxime groups is 1. The molecular weight excluding hydrogens is 188 g/mol. The Balaban J connectivity index is 3.51. The zero-order valence-corrected chi connectivity index (χ0v) is 8.93. The van der Waals surface area contributed by atoms with E-state index in [0.29, 0.717) is 6.54 Å². The minimum Gasteiger partial charge on any atom is -0.320 e. The van der Waals surface area contributed by atoms with Crippen molar-refractivity contribution in [3.63, 3.8) is 0 Å². The van der Waals surface area contributed by atoms with Crippen molar-refractivity contribution in [1.29, 1.82) is 0 Å². The number of rotatable bonds is 5. The normalized spacial score (nSPS) is 11.2. The van der Waals surface area contributed by atoms with Crippen molar-refractivity contribution < 1.29 is 9.63 Å². The van der Waals surface area contributed by atoms with Crippen LogP contribution in [0.1, 0.15) is 26.7 Å². The molecule has 0 aliphatic rings. The van der Waals surface area contributed by atoms with Crippen molar-refractivity contribution in [2.75, 3.05) is 12.3 Å². The maximum Gasteiger partial charge on any atom is 0.433 e. The van der Waals surface area contributed by atoms with E-state index < -0.39 is 6.09 Å². The average Bonchev–Trinajstić information content (AvgIpc) is 2.14. The molecule has 0 aliphatic carbocycles. The van der Waals surface area contributed by atoms with Crippen LogP contribution in [0.5, 0.6) is 0 Å². The molecule has 0 aromatic heterocycles. The molecule has 0 saturated heterocycles. The van der Waals surface area contributed by atoms with E-state index in [9.17, 15) is 4.79 Å². The summed E-state index contributed by atoms with van der Waals surface area (Å²) in [6.07, 6.45) is 1.10. The van der Waals surface area contributed by atoms with Gasteiger partial charge < -0.3 is 5.32 Å². The maximum atomic E-state index is 10.9. The largest absolute Gasteiger partial charge is 0.433 e. The standard InChI is InChI=1S/C8H16N2O2S/c1-3-7(2)10-12-8(11)9-5-4-6-13/h13H,3-6H2,1-2H3,(H,9,11)/b10-7+. The van der Waals surface area contributed by atoms with Gasteiger partial charge in [0, 0.05) is 6.54 Å². The zero-order valence-electron chi connectivity index (χ0n) is 8.04. The van der Waals surface area contributed by atoms with E-state index >= 15 is 0 Å². The van der Waals surface area contributed by atoms with Gasteiger partial charge in [0.2, 0.25) is 0 Å². The van der Waals surface area contributed by atoms with Crippen LogP contribution in [0.15, 0.2) is 5.16 Å². The second kappa shape index (κ2) is 7.91. The Morgan fingerprint density at radius 2 is 2.31 bits per heavy atom. The molecule has 5 heteroatoms. The molecule has 76 valence electrons. The summed E-state index contributed by atoms with van der Waals surface area (Å²) in [4.78, 5) is 15.4. The van der Waals surface area contributed by atoms with Crippen LogP contribution in [-0.4, -0.2) is 24.1 Å². The Morgan fingerprint density at radius 3 is 2.85 bits per heavy atom. The van der Waals surface area contributed by atoms with Gasteiger partial charge in [-0.2, -0.15) is 12.6 Å². The van der Waals surface area contributed by atoms with Gasteiger partial charge in [0.25, 0.3) is 0 Å². The van der Waals surface area contributed by atoms with Crippen molar-refractivity contribution >= 4 is 24.4 Å². The monoisotopic (exact) mass is 204 g/mol. The Kier molecular flexibility index (Phi) is 7.48. The summed E-state index contributed by atoms with van der Waals surface area (Å²) in [5, 5.41) is 6.15. The average molecular weight is 204 g/mol. The molecule has 0 radical (unpaired) electrons. The van der Waals surface area contributed by atoms with Gasteiger partial charge in [-0.05, 0) is 25.5 Å². The smallest absolute Gasteiger partial charge is 0.320 e. The Morgan fingerprint density at radius 1 is 1.62 bits per heavy atom. The fourth-order valence-corrected chi connectivity index (χ4v) is 0.644. The number of amides is 1. The molecule has 0 atom stereocenters. The van der Waals surface area contributed by atoms with Crippen molar-refractivity contribution in [3.8, 4) is 0 Å². The van der Waals surface area contributed by atoms with Crippen LogP contribution >= 0.6 is 12.6 Å². The lowest BCUT2D eigenvalue weighted by molar-refractivity contribution is 0.150. The molecule has 0 heterocycles. The number of nitrogens with zero attached hydrogens (tertiary/aromatic N) is 1. The first kappa shape index (κ1) is 12.3. The number of hydrogen-bond donors (Lipinski definition) is 2. The van der Waals surface area contributed by atoms with Crippen LogP contribution in [0, 0.1) is 0 Å². The summed E-state index contributed by atoms with van der Waals surface area (Å²) in [5.41, 5.74) is 0.796. The number of hydrogen-bond acceptors (Lipinski definition) is 4. The Hall–Kier alpha value is -0.710. The topological polar surface area (TPSA) is 50.7 Å². The van der Waals surface area contributed by atoms with E-state index in [-0.39, 0.29) is 0 Å². The highest BCUT2D eigenvalue weighted by atomic mass is 32.1. The molecule has 0 unspecified atom stereocenters. The summed E-state index contributed by atoms with van der Waals surface area (Å²) in [5.74, 6) is 0.748. The highest BCUT2D eigenvalue weighted by Gasteiger charge is 1.99. The number of carbonyl (C=O) groups excluding carboxylic acids is 1. The Labute approximate surface area is 84.1 Å². The SMILES string of the molecule is CC/C(C)=N/OC(=O)NCCCS. The summed E-state index contributed by atoms with van der Waals surface area (Å²) in [6, 6.07) is 0. The first-order valence-corrected chi connectivity index (χ1v) is 4.93. The van der Waals surface area contributed by atoms with Crippen LogP contribution < -0.4 is 5.32 Å². The third-order valence-corrected chi connectivity index (χ3v) is 1.72. The van der Waals surface area contributed by atoms with E-state index in [1.54, 1.807) is 6.92 Å². The van der Waals surface area contributed by atoms with E-state index in [4.69, 9.17) is 0 Å². The van der Waals surface area contributed by atoms with E-state index in [2.05, 4.69) is 27.9 Å². The molecule has 0 bridgehead atoms. The minimum absolute atomic E-state index is 0.505. The van der Waals surface area contributed by atoms with Crippen molar-refractivity contribution in [1.82, 2.24) is 5.32 Å². The first-order chi connectivity index (χ1) is 6.20. The quantitative estimate of drug-likeness (QED) is 0.236. The van der Waals surface area contributed by atoms with Gasteiger partial charge in [-0.3, -0.25) is 4.84 Å². The Bertz CT molecular complexity index is 183. The molecule has 13 heavy (non-hydrogen) atoms. The second-order valence-corrected chi connectivity index (χ2v) is 3.01. The molecule has 0 aliphatic heterocycles. The van der Waals surface area contributed by atoms with Crippen LogP contribution in [0.2, 0.25) is 0 Å². The van der Waals surface area contributed by atoms with Crippen LogP contribution in [-0.2, 0) is 4.84 Å². The molecule has 0 saturated carbocycles. The summed E-state index contributed by atoms with van der Waals surface area (Å²) in [7, 11) is 0. The lowest BCUT2D eigenvalue weighted by Gasteiger charge is -2.00. The van der Waals surface area contributed by atoms with Crippen LogP contribution in [0.3, 0.4) is 0 Å². The molecule has 1 amide bonds.